The van der Waals surface area contributed by atoms with Crippen molar-refractivity contribution in [1.82, 2.24) is 24.8 Å². The molecule has 1 aliphatic rings. The summed E-state index contributed by atoms with van der Waals surface area (Å²) in [4.78, 5) is 50.5. The molecule has 0 unspecified atom stereocenters. The fraction of sp³-hybridized carbons (Fsp3) is 0.278. The molecule has 0 radical (unpaired) electrons. The number of carbonyl (C=O) groups excluding carboxylic acids is 2. The fourth-order valence-corrected chi connectivity index (χ4v) is 3.16. The molecule has 2 aromatic heterocycles. The van der Waals surface area contributed by atoms with E-state index < -0.39 is 5.76 Å². The van der Waals surface area contributed by atoms with Gasteiger partial charge in [-0.15, -0.1) is 0 Å². The Morgan fingerprint density at radius 2 is 1.81 bits per heavy atom. The topological polar surface area (TPSA) is 112 Å². The number of rotatable bonds is 2. The van der Waals surface area contributed by atoms with Crippen molar-refractivity contribution in [3.8, 4) is 0 Å². The van der Waals surface area contributed by atoms with Crippen LogP contribution in [0.4, 0.5) is 0 Å². The molecule has 138 valence electrons. The summed E-state index contributed by atoms with van der Waals surface area (Å²) in [6.45, 7) is 1.94. The molecule has 2 amide bonds. The zero-order valence-electron chi connectivity index (χ0n) is 14.4. The summed E-state index contributed by atoms with van der Waals surface area (Å²) in [6.07, 6.45) is 5.11. The van der Waals surface area contributed by atoms with Gasteiger partial charge in [0.15, 0.2) is 5.58 Å². The second kappa shape index (κ2) is 7.02. The number of aromatic amines is 1. The normalized spacial score (nSPS) is 15.0. The first-order valence-electron chi connectivity index (χ1n) is 8.59. The summed E-state index contributed by atoms with van der Waals surface area (Å²) >= 11 is 0. The Morgan fingerprint density at radius 1 is 1.04 bits per heavy atom. The quantitative estimate of drug-likeness (QED) is 0.720. The van der Waals surface area contributed by atoms with Crippen molar-refractivity contribution >= 4 is 22.9 Å². The lowest BCUT2D eigenvalue weighted by Crippen LogP contribution is -2.37. The highest BCUT2D eigenvalue weighted by molar-refractivity contribution is 5.97. The summed E-state index contributed by atoms with van der Waals surface area (Å²) in [7, 11) is 0. The lowest BCUT2D eigenvalue weighted by Gasteiger charge is -2.22. The second-order valence-corrected chi connectivity index (χ2v) is 6.25. The first-order valence-corrected chi connectivity index (χ1v) is 8.59. The molecule has 0 saturated carbocycles. The van der Waals surface area contributed by atoms with Crippen LogP contribution in [-0.2, 0) is 0 Å². The lowest BCUT2D eigenvalue weighted by molar-refractivity contribution is 0.0715. The van der Waals surface area contributed by atoms with E-state index in [9.17, 15) is 14.4 Å². The Labute approximate surface area is 153 Å². The number of carbonyl (C=O) groups is 2. The fourth-order valence-electron chi connectivity index (χ4n) is 3.16. The molecular weight excluding hydrogens is 350 g/mol. The largest absolute Gasteiger partial charge is 0.417 e. The van der Waals surface area contributed by atoms with E-state index in [0.717, 1.165) is 0 Å². The highest BCUT2D eigenvalue weighted by Gasteiger charge is 2.24. The minimum atomic E-state index is -0.553. The van der Waals surface area contributed by atoms with Crippen molar-refractivity contribution in [3.63, 3.8) is 0 Å². The van der Waals surface area contributed by atoms with Gasteiger partial charge in [0.25, 0.3) is 11.8 Å². The summed E-state index contributed by atoms with van der Waals surface area (Å²) < 4.78 is 4.96. The van der Waals surface area contributed by atoms with Gasteiger partial charge in [-0.05, 0) is 24.6 Å². The molecular formula is C18H17N5O4. The Morgan fingerprint density at radius 3 is 2.56 bits per heavy atom. The minimum absolute atomic E-state index is 0.146. The maximum Gasteiger partial charge on any atom is 0.417 e. The van der Waals surface area contributed by atoms with Gasteiger partial charge in [-0.2, -0.15) is 0 Å². The number of hydrogen-bond acceptors (Lipinski definition) is 6. The highest BCUT2D eigenvalue weighted by atomic mass is 16.4. The molecule has 4 rings (SSSR count). The third-order valence-electron chi connectivity index (χ3n) is 4.52. The summed E-state index contributed by atoms with van der Waals surface area (Å²) in [6, 6.07) is 4.84. The first kappa shape index (κ1) is 17.0. The van der Waals surface area contributed by atoms with Crippen LogP contribution in [0.3, 0.4) is 0 Å². The van der Waals surface area contributed by atoms with E-state index in [1.807, 2.05) is 0 Å². The van der Waals surface area contributed by atoms with Crippen molar-refractivity contribution in [2.45, 2.75) is 6.42 Å². The minimum Gasteiger partial charge on any atom is -0.408 e. The summed E-state index contributed by atoms with van der Waals surface area (Å²) in [5.74, 6) is -0.884. The van der Waals surface area contributed by atoms with Gasteiger partial charge < -0.3 is 14.2 Å². The molecule has 3 aromatic rings. The van der Waals surface area contributed by atoms with Crippen LogP contribution in [0, 0.1) is 0 Å². The van der Waals surface area contributed by atoms with Crippen molar-refractivity contribution in [3.05, 3.63) is 58.6 Å². The monoisotopic (exact) mass is 367 g/mol. The lowest BCUT2D eigenvalue weighted by atomic mass is 10.1. The van der Waals surface area contributed by atoms with Crippen LogP contribution in [0.1, 0.15) is 27.3 Å². The summed E-state index contributed by atoms with van der Waals surface area (Å²) in [5, 5.41) is 0. The van der Waals surface area contributed by atoms with Gasteiger partial charge in [0.05, 0.1) is 11.7 Å². The number of H-pyrrole nitrogens is 1. The summed E-state index contributed by atoms with van der Waals surface area (Å²) in [5.41, 5.74) is 1.66. The number of fused-ring (bicyclic) bond motifs is 1. The first-order chi connectivity index (χ1) is 13.1. The molecule has 0 spiro atoms. The number of benzene rings is 1. The highest BCUT2D eigenvalue weighted by Crippen LogP contribution is 2.16. The maximum atomic E-state index is 12.8. The van der Waals surface area contributed by atoms with Gasteiger partial charge in [0, 0.05) is 44.1 Å². The molecule has 1 N–H and O–H groups in total. The van der Waals surface area contributed by atoms with Gasteiger partial charge in [-0.1, -0.05) is 0 Å². The molecule has 0 atom stereocenters. The van der Waals surface area contributed by atoms with Crippen molar-refractivity contribution < 1.29 is 14.0 Å². The molecule has 9 heteroatoms. The van der Waals surface area contributed by atoms with Crippen LogP contribution < -0.4 is 5.76 Å². The van der Waals surface area contributed by atoms with E-state index in [0.29, 0.717) is 55.0 Å². The standard InChI is InChI=1S/C18H17N5O4/c24-16(12-2-3-15-13(10-12)21-18(26)27-15)22-6-1-7-23(9-8-22)17(25)14-11-19-4-5-20-14/h2-5,10-11H,1,6-9H2,(H,21,26). The second-order valence-electron chi connectivity index (χ2n) is 6.25. The molecule has 9 nitrogen and oxygen atoms in total. The van der Waals surface area contributed by atoms with Crippen LogP contribution in [-0.4, -0.2) is 62.7 Å². The van der Waals surface area contributed by atoms with E-state index in [4.69, 9.17) is 4.42 Å². The van der Waals surface area contributed by atoms with Crippen molar-refractivity contribution in [1.29, 1.82) is 0 Å². The van der Waals surface area contributed by atoms with Crippen LogP contribution in [0.15, 0.2) is 46.0 Å². The average Bonchev–Trinajstić information content (AvgIpc) is 2.90. The number of nitrogens with one attached hydrogen (secondary N) is 1. The van der Waals surface area contributed by atoms with Crippen LogP contribution in [0.5, 0.6) is 0 Å². The Hall–Kier alpha value is -3.49. The predicted octanol–water partition coefficient (Wildman–Crippen LogP) is 0.899. The van der Waals surface area contributed by atoms with E-state index >= 15 is 0 Å². The number of nitrogens with zero attached hydrogens (tertiary/aromatic N) is 4. The third kappa shape index (κ3) is 3.43. The number of oxazole rings is 1. The predicted molar refractivity (Wildman–Crippen MR) is 95.3 cm³/mol. The van der Waals surface area contributed by atoms with Gasteiger partial charge in [0.1, 0.15) is 5.69 Å². The average molecular weight is 367 g/mol. The number of aromatic nitrogens is 3. The molecule has 1 saturated heterocycles. The Kier molecular flexibility index (Phi) is 4.41. The number of hydrogen-bond donors (Lipinski definition) is 1. The van der Waals surface area contributed by atoms with Crippen LogP contribution in [0.25, 0.3) is 11.1 Å². The SMILES string of the molecule is O=C(c1ccc2oc(=O)[nH]c2c1)N1CCCN(C(=O)c2cnccn2)CC1. The Balaban J connectivity index is 1.47. The molecule has 1 aromatic carbocycles. The van der Waals surface area contributed by atoms with Gasteiger partial charge >= 0.3 is 5.76 Å². The zero-order valence-corrected chi connectivity index (χ0v) is 14.4. The zero-order chi connectivity index (χ0) is 18.8. The molecule has 3 heterocycles. The smallest absolute Gasteiger partial charge is 0.408 e. The Bertz CT molecular complexity index is 1040. The van der Waals surface area contributed by atoms with E-state index in [1.165, 1.54) is 18.6 Å². The molecule has 1 fully saturated rings. The molecule has 1 aliphatic heterocycles. The van der Waals surface area contributed by atoms with Crippen molar-refractivity contribution in [2.75, 3.05) is 26.2 Å². The van der Waals surface area contributed by atoms with Crippen molar-refractivity contribution in [2.24, 2.45) is 0 Å². The van der Waals surface area contributed by atoms with E-state index in [-0.39, 0.29) is 11.8 Å². The molecule has 0 bridgehead atoms. The maximum absolute atomic E-state index is 12.8. The van der Waals surface area contributed by atoms with Crippen LogP contribution in [0.2, 0.25) is 0 Å². The van der Waals surface area contributed by atoms with Crippen LogP contribution >= 0.6 is 0 Å². The van der Waals surface area contributed by atoms with Gasteiger partial charge in [-0.3, -0.25) is 19.6 Å². The number of amides is 2. The molecule has 27 heavy (non-hydrogen) atoms. The van der Waals surface area contributed by atoms with Gasteiger partial charge in [0.2, 0.25) is 0 Å². The third-order valence-corrected chi connectivity index (χ3v) is 4.52. The van der Waals surface area contributed by atoms with E-state index in [2.05, 4.69) is 15.0 Å². The van der Waals surface area contributed by atoms with E-state index in [1.54, 1.807) is 28.0 Å². The molecule has 0 aliphatic carbocycles. The van der Waals surface area contributed by atoms with Gasteiger partial charge in [-0.25, -0.2) is 9.78 Å².